The predicted octanol–water partition coefficient (Wildman–Crippen LogP) is 3.09. The molecule has 6 nitrogen and oxygen atoms in total. The van der Waals surface area contributed by atoms with Crippen LogP contribution >= 0.6 is 0 Å². The van der Waals surface area contributed by atoms with E-state index < -0.39 is 5.91 Å². The molecule has 4 rings (SSSR count). The maximum atomic E-state index is 12.4. The van der Waals surface area contributed by atoms with Gasteiger partial charge < -0.3 is 14.8 Å². The predicted molar refractivity (Wildman–Crippen MR) is 91.1 cm³/mol. The fourth-order valence-electron chi connectivity index (χ4n) is 2.63. The van der Waals surface area contributed by atoms with Crippen molar-refractivity contribution in [2.24, 2.45) is 0 Å². The molecule has 2 aromatic carbocycles. The lowest BCUT2D eigenvalue weighted by molar-refractivity contribution is -0.112. The number of anilines is 1. The van der Waals surface area contributed by atoms with Crippen molar-refractivity contribution in [2.75, 3.05) is 12.1 Å². The molecule has 25 heavy (non-hydrogen) atoms. The van der Waals surface area contributed by atoms with Crippen LogP contribution in [0.2, 0.25) is 0 Å². The van der Waals surface area contributed by atoms with Gasteiger partial charge in [0.1, 0.15) is 11.6 Å². The molecule has 2 aliphatic heterocycles. The molecule has 121 valence electrons. The van der Waals surface area contributed by atoms with Crippen LogP contribution in [0.3, 0.4) is 0 Å². The number of amides is 1. The van der Waals surface area contributed by atoms with Gasteiger partial charge in [0.2, 0.25) is 6.79 Å². The summed E-state index contributed by atoms with van der Waals surface area (Å²) >= 11 is 0. The van der Waals surface area contributed by atoms with Gasteiger partial charge in [-0.3, -0.25) is 10.1 Å². The van der Waals surface area contributed by atoms with Gasteiger partial charge >= 0.3 is 0 Å². The fourth-order valence-corrected chi connectivity index (χ4v) is 2.63. The number of nitriles is 1. The Morgan fingerprint density at radius 3 is 2.92 bits per heavy atom. The largest absolute Gasteiger partial charge is 0.454 e. The average molecular weight is 330 g/mol. The normalized spacial score (nSPS) is 14.2. The third-order valence-electron chi connectivity index (χ3n) is 3.85. The molecule has 0 fully saturated rings. The molecule has 0 spiro atoms. The number of rotatable bonds is 3. The lowest BCUT2D eigenvalue weighted by Gasteiger charge is -2.06. The molecule has 0 saturated heterocycles. The van der Waals surface area contributed by atoms with Gasteiger partial charge in [-0.2, -0.15) is 5.26 Å². The smallest absolute Gasteiger partial charge is 0.266 e. The second kappa shape index (κ2) is 6.06. The van der Waals surface area contributed by atoms with E-state index in [9.17, 15) is 10.1 Å². The number of nitrogens with one attached hydrogen (secondary N) is 1. The number of hydrogen-bond donors (Lipinski definition) is 1. The molecule has 0 aliphatic carbocycles. The van der Waals surface area contributed by atoms with E-state index in [1.165, 1.54) is 6.08 Å². The molecule has 1 radical (unpaired) electrons. The zero-order valence-corrected chi connectivity index (χ0v) is 13.0. The summed E-state index contributed by atoms with van der Waals surface area (Å²) in [6.07, 6.45) is 3.19. The Hall–Kier alpha value is -3.72. The lowest BCUT2D eigenvalue weighted by Crippen LogP contribution is -2.13. The standard InChI is InChI=1S/C19H12N3O3/c20-9-12(7-13-10-21-16-4-2-1-3-15(13)16)19(23)22-14-5-6-17-18(8-14)25-11-24-17/h1-8,10H,11H2,(H,22,23)/b12-7+. The number of para-hydroxylation sites is 1. The Kier molecular flexibility index (Phi) is 3.60. The third kappa shape index (κ3) is 2.79. The Bertz CT molecular complexity index is 970. The van der Waals surface area contributed by atoms with E-state index in [0.29, 0.717) is 17.2 Å². The van der Waals surface area contributed by atoms with E-state index in [-0.39, 0.29) is 12.4 Å². The highest BCUT2D eigenvalue weighted by Gasteiger charge is 2.18. The number of hydrogen-bond acceptors (Lipinski definition) is 4. The van der Waals surface area contributed by atoms with Crippen LogP contribution in [0.5, 0.6) is 11.5 Å². The van der Waals surface area contributed by atoms with Crippen molar-refractivity contribution in [1.29, 1.82) is 5.26 Å². The topological polar surface area (TPSA) is 85.5 Å². The highest BCUT2D eigenvalue weighted by Crippen LogP contribution is 2.34. The Balaban J connectivity index is 1.55. The fraction of sp³-hybridized carbons (Fsp3) is 0.0526. The summed E-state index contributed by atoms with van der Waals surface area (Å²) in [5.74, 6) is 0.696. The SMILES string of the molecule is N#C/C(=C\C1=C[N]c2ccccc21)C(=O)Nc1ccc2c(c1)OCO2. The van der Waals surface area contributed by atoms with Crippen LogP contribution in [0, 0.1) is 11.3 Å². The Labute approximate surface area is 144 Å². The van der Waals surface area contributed by atoms with Crippen molar-refractivity contribution in [3.8, 4) is 17.6 Å². The highest BCUT2D eigenvalue weighted by atomic mass is 16.7. The molecular weight excluding hydrogens is 318 g/mol. The third-order valence-corrected chi connectivity index (χ3v) is 3.85. The van der Waals surface area contributed by atoms with Gasteiger partial charge in [-0.1, -0.05) is 18.2 Å². The van der Waals surface area contributed by atoms with Gasteiger partial charge in [0.15, 0.2) is 11.5 Å². The molecule has 2 aromatic rings. The minimum absolute atomic E-state index is 0.00387. The van der Waals surface area contributed by atoms with Crippen molar-refractivity contribution in [2.45, 2.75) is 0 Å². The number of carbonyl (C=O) groups is 1. The van der Waals surface area contributed by atoms with E-state index in [2.05, 4.69) is 10.6 Å². The molecular formula is C19H12N3O3. The second-order valence-electron chi connectivity index (χ2n) is 5.42. The first kappa shape index (κ1) is 14.8. The molecule has 6 heteroatoms. The first-order chi connectivity index (χ1) is 12.2. The van der Waals surface area contributed by atoms with Crippen LogP contribution in [-0.2, 0) is 4.79 Å². The summed E-state index contributed by atoms with van der Waals surface area (Å²) in [5, 5.41) is 16.3. The zero-order valence-electron chi connectivity index (χ0n) is 13.0. The Morgan fingerprint density at radius 1 is 1.20 bits per heavy atom. The molecule has 2 aliphatic rings. The van der Waals surface area contributed by atoms with Crippen LogP contribution < -0.4 is 20.1 Å². The van der Waals surface area contributed by atoms with Crippen LogP contribution in [0.1, 0.15) is 5.56 Å². The van der Waals surface area contributed by atoms with Crippen molar-refractivity contribution < 1.29 is 14.3 Å². The minimum Gasteiger partial charge on any atom is -0.454 e. The molecule has 0 saturated carbocycles. The van der Waals surface area contributed by atoms with Crippen molar-refractivity contribution in [1.82, 2.24) is 5.32 Å². The molecule has 2 heterocycles. The van der Waals surface area contributed by atoms with E-state index in [1.807, 2.05) is 30.3 Å². The average Bonchev–Trinajstić information content (AvgIpc) is 3.26. The number of allylic oxidation sites excluding steroid dienone is 2. The van der Waals surface area contributed by atoms with Crippen molar-refractivity contribution >= 4 is 22.9 Å². The number of nitrogens with zero attached hydrogens (tertiary/aromatic N) is 2. The van der Waals surface area contributed by atoms with Crippen LogP contribution in [-0.4, -0.2) is 12.7 Å². The van der Waals surface area contributed by atoms with Gasteiger partial charge in [-0.25, -0.2) is 0 Å². The molecule has 0 aromatic heterocycles. The maximum absolute atomic E-state index is 12.4. The maximum Gasteiger partial charge on any atom is 0.266 e. The molecule has 1 amide bonds. The van der Waals surface area contributed by atoms with Crippen LogP contribution in [0.25, 0.3) is 5.57 Å². The van der Waals surface area contributed by atoms with E-state index >= 15 is 0 Å². The summed E-state index contributed by atoms with van der Waals surface area (Å²) in [4.78, 5) is 12.4. The number of carbonyl (C=O) groups excluding carboxylic acids is 1. The first-order valence-corrected chi connectivity index (χ1v) is 7.58. The van der Waals surface area contributed by atoms with Gasteiger partial charge in [-0.05, 0) is 24.3 Å². The summed E-state index contributed by atoms with van der Waals surface area (Å²) in [6.45, 7) is 0.160. The molecule has 1 N–H and O–H groups in total. The minimum atomic E-state index is -0.494. The van der Waals surface area contributed by atoms with Gasteiger partial charge in [-0.15, -0.1) is 0 Å². The van der Waals surface area contributed by atoms with Crippen molar-refractivity contribution in [3.63, 3.8) is 0 Å². The van der Waals surface area contributed by atoms with Crippen LogP contribution in [0.4, 0.5) is 11.4 Å². The van der Waals surface area contributed by atoms with Gasteiger partial charge in [0.05, 0.1) is 5.69 Å². The van der Waals surface area contributed by atoms with Crippen LogP contribution in [0.15, 0.2) is 60.3 Å². The van der Waals surface area contributed by atoms with Crippen molar-refractivity contribution in [3.05, 3.63) is 65.9 Å². The van der Waals surface area contributed by atoms with E-state index in [0.717, 1.165) is 16.8 Å². The highest BCUT2D eigenvalue weighted by molar-refractivity contribution is 6.08. The van der Waals surface area contributed by atoms with E-state index in [4.69, 9.17) is 9.47 Å². The van der Waals surface area contributed by atoms with Gasteiger partial charge in [0, 0.05) is 29.1 Å². The number of fused-ring (bicyclic) bond motifs is 2. The zero-order chi connectivity index (χ0) is 17.2. The van der Waals surface area contributed by atoms with Gasteiger partial charge in [0.25, 0.3) is 5.91 Å². The summed E-state index contributed by atoms with van der Waals surface area (Å²) in [6, 6.07) is 14.6. The number of ether oxygens (including phenoxy) is 2. The quantitative estimate of drug-likeness (QED) is 0.692. The molecule has 0 unspecified atom stereocenters. The summed E-state index contributed by atoms with van der Waals surface area (Å²) in [7, 11) is 0. The summed E-state index contributed by atoms with van der Waals surface area (Å²) in [5.41, 5.74) is 2.97. The Morgan fingerprint density at radius 2 is 2.04 bits per heavy atom. The first-order valence-electron chi connectivity index (χ1n) is 7.58. The molecule has 0 atom stereocenters. The molecule has 0 bridgehead atoms. The number of benzene rings is 2. The summed E-state index contributed by atoms with van der Waals surface area (Å²) < 4.78 is 10.5. The monoisotopic (exact) mass is 330 g/mol. The second-order valence-corrected chi connectivity index (χ2v) is 5.42. The lowest BCUT2D eigenvalue weighted by atomic mass is 10.0. The van der Waals surface area contributed by atoms with E-state index in [1.54, 1.807) is 24.4 Å².